The first-order chi connectivity index (χ1) is 13.5. The first-order valence-corrected chi connectivity index (χ1v) is 11.4. The summed E-state index contributed by atoms with van der Waals surface area (Å²) in [6, 6.07) is 8.82. The van der Waals surface area contributed by atoms with Crippen LogP contribution in [0.25, 0.3) is 11.0 Å². The van der Waals surface area contributed by atoms with Crippen LogP contribution >= 0.6 is 23.1 Å². The lowest BCUT2D eigenvalue weighted by Crippen LogP contribution is -2.41. The third kappa shape index (κ3) is 4.26. The molecule has 0 spiro atoms. The number of fused-ring (bicyclic) bond motifs is 1. The first-order valence-electron chi connectivity index (χ1n) is 9.58. The van der Waals surface area contributed by atoms with Crippen molar-refractivity contribution in [2.45, 2.75) is 48.9 Å². The van der Waals surface area contributed by atoms with Gasteiger partial charge in [0.15, 0.2) is 5.76 Å². The Kier molecular flexibility index (Phi) is 5.75. The number of aromatic nitrogens is 1. The molecule has 0 radical (unpaired) electrons. The number of carbonyl (C=O) groups is 1. The highest BCUT2D eigenvalue weighted by Crippen LogP contribution is 2.33. The molecular weight excluding hydrogens is 390 g/mol. The Morgan fingerprint density at radius 3 is 2.93 bits per heavy atom. The van der Waals surface area contributed by atoms with Gasteiger partial charge in [-0.15, -0.1) is 11.3 Å². The minimum atomic E-state index is -0.141. The Balaban J connectivity index is 1.50. The summed E-state index contributed by atoms with van der Waals surface area (Å²) in [6.45, 7) is 4.76. The monoisotopic (exact) mass is 415 g/mol. The Hall–Kier alpha value is -1.83. The summed E-state index contributed by atoms with van der Waals surface area (Å²) in [5, 5.41) is 6.11. The quantitative estimate of drug-likeness (QED) is 0.540. The predicted molar refractivity (Wildman–Crippen MR) is 115 cm³/mol. The van der Waals surface area contributed by atoms with Crippen LogP contribution in [-0.2, 0) is 5.75 Å². The van der Waals surface area contributed by atoms with Gasteiger partial charge < -0.3 is 9.73 Å². The number of carbonyl (C=O) groups excluding carboxylic acids is 1. The number of thiazole rings is 1. The highest BCUT2D eigenvalue weighted by Gasteiger charge is 2.29. The fourth-order valence-electron chi connectivity index (χ4n) is 3.26. The van der Waals surface area contributed by atoms with Crippen molar-refractivity contribution in [1.29, 1.82) is 0 Å². The molecule has 4 rings (SSSR count). The number of hydrogen-bond acceptors (Lipinski definition) is 6. The fourth-order valence-corrected chi connectivity index (χ4v) is 5.14. The summed E-state index contributed by atoms with van der Waals surface area (Å²) in [5.74, 6) is 0.936. The van der Waals surface area contributed by atoms with Crippen molar-refractivity contribution >= 4 is 40.0 Å². The zero-order chi connectivity index (χ0) is 19.7. The van der Waals surface area contributed by atoms with Crippen LogP contribution in [0.2, 0.25) is 0 Å². The van der Waals surface area contributed by atoms with E-state index in [1.807, 2.05) is 36.6 Å². The normalized spacial score (nSPS) is 15.3. The molecule has 0 aliphatic heterocycles. The molecule has 28 heavy (non-hydrogen) atoms. The van der Waals surface area contributed by atoms with Gasteiger partial charge >= 0.3 is 0 Å². The minimum absolute atomic E-state index is 0.141. The van der Waals surface area contributed by atoms with Crippen LogP contribution < -0.4 is 5.32 Å². The SMILES string of the molecule is Cc1csc(SCc2c(C(=O)NCC(C)N(C)C3CC3)oc3ccccc23)n1. The van der Waals surface area contributed by atoms with E-state index in [9.17, 15) is 4.79 Å². The Bertz CT molecular complexity index is 977. The maximum Gasteiger partial charge on any atom is 0.287 e. The molecule has 5 nitrogen and oxygen atoms in total. The number of furan rings is 1. The van der Waals surface area contributed by atoms with Gasteiger partial charge in [-0.05, 0) is 39.8 Å². The van der Waals surface area contributed by atoms with Crippen LogP contribution in [0.1, 0.15) is 41.6 Å². The van der Waals surface area contributed by atoms with Crippen LogP contribution in [0.5, 0.6) is 0 Å². The number of hydrogen-bond donors (Lipinski definition) is 1. The summed E-state index contributed by atoms with van der Waals surface area (Å²) in [6.07, 6.45) is 2.52. The topological polar surface area (TPSA) is 58.4 Å². The maximum absolute atomic E-state index is 12.9. The molecule has 7 heteroatoms. The lowest BCUT2D eigenvalue weighted by atomic mass is 10.1. The number of amides is 1. The molecule has 2 aromatic heterocycles. The van der Waals surface area contributed by atoms with Gasteiger partial charge in [-0.3, -0.25) is 9.69 Å². The highest BCUT2D eigenvalue weighted by molar-refractivity contribution is 8.00. The van der Waals surface area contributed by atoms with E-state index in [4.69, 9.17) is 4.42 Å². The molecule has 1 aliphatic rings. The van der Waals surface area contributed by atoms with Gasteiger partial charge in [0, 0.05) is 46.4 Å². The van der Waals surface area contributed by atoms with E-state index in [1.54, 1.807) is 23.1 Å². The number of aryl methyl sites for hydroxylation is 1. The number of rotatable bonds is 8. The first kappa shape index (κ1) is 19.5. The molecule has 3 aromatic rings. The van der Waals surface area contributed by atoms with Crippen molar-refractivity contribution in [2.24, 2.45) is 0 Å². The average Bonchev–Trinajstić information content (AvgIpc) is 3.36. The van der Waals surface area contributed by atoms with Crippen molar-refractivity contribution in [3.63, 3.8) is 0 Å². The van der Waals surface area contributed by atoms with Crippen molar-refractivity contribution in [3.05, 3.63) is 46.7 Å². The van der Waals surface area contributed by atoms with E-state index in [1.165, 1.54) is 12.8 Å². The molecule has 148 valence electrons. The zero-order valence-electron chi connectivity index (χ0n) is 16.4. The molecule has 1 N–H and O–H groups in total. The maximum atomic E-state index is 12.9. The Labute approximate surface area is 173 Å². The molecule has 2 heterocycles. The van der Waals surface area contributed by atoms with E-state index in [-0.39, 0.29) is 5.91 Å². The fraction of sp³-hybridized carbons (Fsp3) is 0.429. The number of benzene rings is 1. The third-order valence-electron chi connectivity index (χ3n) is 5.22. The van der Waals surface area contributed by atoms with Gasteiger partial charge in [-0.1, -0.05) is 30.0 Å². The van der Waals surface area contributed by atoms with Crippen molar-refractivity contribution in [3.8, 4) is 0 Å². The smallest absolute Gasteiger partial charge is 0.287 e. The number of thioether (sulfide) groups is 1. The van der Waals surface area contributed by atoms with Crippen LogP contribution in [0.3, 0.4) is 0 Å². The average molecular weight is 416 g/mol. The van der Waals surface area contributed by atoms with Gasteiger partial charge in [0.25, 0.3) is 5.91 Å². The summed E-state index contributed by atoms with van der Waals surface area (Å²) >= 11 is 3.28. The van der Waals surface area contributed by atoms with Gasteiger partial charge in [0.2, 0.25) is 0 Å². The van der Waals surface area contributed by atoms with Crippen LogP contribution in [0.15, 0.2) is 38.4 Å². The Morgan fingerprint density at radius 1 is 1.43 bits per heavy atom. The lowest BCUT2D eigenvalue weighted by Gasteiger charge is -2.24. The van der Waals surface area contributed by atoms with E-state index < -0.39 is 0 Å². The second kappa shape index (κ2) is 8.27. The van der Waals surface area contributed by atoms with Gasteiger partial charge in [0.05, 0.1) is 0 Å². The largest absolute Gasteiger partial charge is 0.451 e. The molecule has 1 aliphatic carbocycles. The summed E-state index contributed by atoms with van der Waals surface area (Å²) in [5.41, 5.74) is 2.71. The molecule has 1 saturated carbocycles. The Morgan fingerprint density at radius 2 is 2.21 bits per heavy atom. The van der Waals surface area contributed by atoms with E-state index >= 15 is 0 Å². The van der Waals surface area contributed by atoms with Gasteiger partial charge in [-0.25, -0.2) is 4.98 Å². The van der Waals surface area contributed by atoms with Crippen molar-refractivity contribution in [1.82, 2.24) is 15.2 Å². The lowest BCUT2D eigenvalue weighted by molar-refractivity contribution is 0.0913. The van der Waals surface area contributed by atoms with E-state index in [2.05, 4.69) is 29.2 Å². The van der Waals surface area contributed by atoms with Crippen LogP contribution in [0.4, 0.5) is 0 Å². The zero-order valence-corrected chi connectivity index (χ0v) is 18.0. The number of nitrogens with zero attached hydrogens (tertiary/aromatic N) is 2. The third-order valence-corrected chi connectivity index (χ3v) is 7.38. The molecule has 0 saturated heterocycles. The number of para-hydroxylation sites is 1. The molecule has 1 unspecified atom stereocenters. The van der Waals surface area contributed by atoms with Crippen molar-refractivity contribution < 1.29 is 9.21 Å². The number of likely N-dealkylation sites (N-methyl/N-ethyl adjacent to an activating group) is 1. The summed E-state index contributed by atoms with van der Waals surface area (Å²) in [7, 11) is 2.13. The molecule has 1 fully saturated rings. The standard InChI is InChI=1S/C21H25N3O2S2/c1-13-11-27-21(23-13)28-12-17-16-6-4-5-7-18(16)26-19(17)20(25)22-10-14(2)24(3)15-8-9-15/h4-7,11,14-15H,8-10,12H2,1-3H3,(H,22,25). The molecule has 1 amide bonds. The molecular formula is C21H25N3O2S2. The second-order valence-electron chi connectivity index (χ2n) is 7.41. The molecule has 1 aromatic carbocycles. The predicted octanol–water partition coefficient (Wildman–Crippen LogP) is 4.70. The van der Waals surface area contributed by atoms with Gasteiger partial charge in [-0.2, -0.15) is 0 Å². The van der Waals surface area contributed by atoms with Crippen molar-refractivity contribution in [2.75, 3.05) is 13.6 Å². The summed E-state index contributed by atoms with van der Waals surface area (Å²) in [4.78, 5) is 19.8. The molecule has 0 bridgehead atoms. The van der Waals surface area contributed by atoms with Crippen LogP contribution in [0, 0.1) is 6.92 Å². The van der Waals surface area contributed by atoms with Gasteiger partial charge in [0.1, 0.15) is 9.92 Å². The minimum Gasteiger partial charge on any atom is -0.451 e. The second-order valence-corrected chi connectivity index (χ2v) is 9.49. The van der Waals surface area contributed by atoms with Crippen LogP contribution in [-0.4, -0.2) is 41.5 Å². The number of nitrogens with one attached hydrogen (secondary N) is 1. The molecule has 1 atom stereocenters. The van der Waals surface area contributed by atoms with E-state index in [0.29, 0.717) is 30.1 Å². The highest BCUT2D eigenvalue weighted by atomic mass is 32.2. The van der Waals surface area contributed by atoms with E-state index in [0.717, 1.165) is 26.6 Å². The summed E-state index contributed by atoms with van der Waals surface area (Å²) < 4.78 is 6.96.